The van der Waals surface area contributed by atoms with Gasteiger partial charge in [-0.15, -0.1) is 0 Å². The van der Waals surface area contributed by atoms with Crippen LogP contribution in [0.15, 0.2) is 41.2 Å². The van der Waals surface area contributed by atoms with Gasteiger partial charge in [0.2, 0.25) is 0 Å². The lowest BCUT2D eigenvalue weighted by Crippen LogP contribution is -2.33. The lowest BCUT2D eigenvalue weighted by molar-refractivity contribution is 0.0931. The molecule has 170 valence electrons. The van der Waals surface area contributed by atoms with Crippen molar-refractivity contribution in [3.63, 3.8) is 0 Å². The quantitative estimate of drug-likeness (QED) is 0.449. The lowest BCUT2D eigenvalue weighted by Gasteiger charge is -2.22. The first-order chi connectivity index (χ1) is 15.9. The van der Waals surface area contributed by atoms with Gasteiger partial charge in [-0.1, -0.05) is 20.8 Å². The molecule has 1 aliphatic rings. The minimum atomic E-state index is -0.204. The topological polar surface area (TPSA) is 94.1 Å². The van der Waals surface area contributed by atoms with Gasteiger partial charge < -0.3 is 14.8 Å². The van der Waals surface area contributed by atoms with Crippen LogP contribution in [0.4, 0.5) is 0 Å². The molecule has 8 nitrogen and oxygen atoms in total. The van der Waals surface area contributed by atoms with Crippen LogP contribution in [0.25, 0.3) is 28.2 Å². The molecule has 0 saturated carbocycles. The number of nitrogens with one attached hydrogen (secondary N) is 2. The molecule has 4 heterocycles. The summed E-state index contributed by atoms with van der Waals surface area (Å²) in [6, 6.07) is 7.75. The number of aromatic nitrogens is 4. The number of nitrogens with zero attached hydrogens (tertiary/aromatic N) is 3. The van der Waals surface area contributed by atoms with E-state index in [-0.39, 0.29) is 17.9 Å². The molecule has 5 rings (SSSR count). The summed E-state index contributed by atoms with van der Waals surface area (Å²) in [5.41, 5.74) is 5.37. The fraction of sp³-hybridized carbons (Fsp3) is 0.292. The molecule has 0 radical (unpaired) electrons. The highest BCUT2D eigenvalue weighted by molar-refractivity contribution is 7.08. The Hall–Kier alpha value is -3.59. The van der Waals surface area contributed by atoms with Crippen molar-refractivity contribution in [2.45, 2.75) is 27.4 Å². The highest BCUT2D eigenvalue weighted by atomic mass is 32.1. The van der Waals surface area contributed by atoms with Gasteiger partial charge in [0.25, 0.3) is 5.91 Å². The monoisotopic (exact) mass is 463 g/mol. The zero-order chi connectivity index (χ0) is 23.2. The van der Waals surface area contributed by atoms with E-state index in [1.165, 1.54) is 0 Å². The minimum absolute atomic E-state index is 0.0374. The summed E-state index contributed by atoms with van der Waals surface area (Å²) in [6.45, 7) is 7.03. The normalized spacial score (nSPS) is 12.6. The number of amides is 1. The van der Waals surface area contributed by atoms with Crippen LogP contribution in [0.3, 0.4) is 0 Å². The number of thiophene rings is 1. The number of hydrogen-bond donors (Lipinski definition) is 2. The number of aromatic amines is 1. The molecule has 3 aromatic heterocycles. The number of methoxy groups -OCH3 is 1. The second kappa shape index (κ2) is 8.08. The fourth-order valence-electron chi connectivity index (χ4n) is 3.84. The maximum absolute atomic E-state index is 13.1. The summed E-state index contributed by atoms with van der Waals surface area (Å²) < 4.78 is 13.6. The molecule has 2 N–H and O–H groups in total. The largest absolute Gasteiger partial charge is 0.496 e. The first kappa shape index (κ1) is 21.3. The third-order valence-corrected chi connectivity index (χ3v) is 6.12. The van der Waals surface area contributed by atoms with Crippen LogP contribution in [-0.2, 0) is 6.61 Å². The van der Waals surface area contributed by atoms with Crippen molar-refractivity contribution in [3.05, 3.63) is 52.5 Å². The second-order valence-corrected chi connectivity index (χ2v) is 9.90. The number of benzene rings is 1. The van der Waals surface area contributed by atoms with Crippen LogP contribution in [-0.4, -0.2) is 39.5 Å². The van der Waals surface area contributed by atoms with Gasteiger partial charge in [0.05, 0.1) is 24.2 Å². The van der Waals surface area contributed by atoms with Crippen molar-refractivity contribution >= 4 is 17.2 Å². The summed E-state index contributed by atoms with van der Waals surface area (Å²) >= 11 is 1.58. The summed E-state index contributed by atoms with van der Waals surface area (Å²) in [5, 5.41) is 18.9. The minimum Gasteiger partial charge on any atom is -0.496 e. The highest BCUT2D eigenvalue weighted by Crippen LogP contribution is 2.45. The number of carbonyl (C=O) groups excluding carboxylic acids is 1. The zero-order valence-corrected chi connectivity index (χ0v) is 19.7. The van der Waals surface area contributed by atoms with Gasteiger partial charge in [0, 0.05) is 40.9 Å². The summed E-state index contributed by atoms with van der Waals surface area (Å²) in [4.78, 5) is 13.1. The van der Waals surface area contributed by atoms with Gasteiger partial charge in [-0.2, -0.15) is 21.5 Å². The molecule has 0 bridgehead atoms. The van der Waals surface area contributed by atoms with E-state index in [1.54, 1.807) is 24.6 Å². The molecular formula is C24H25N5O3S. The van der Waals surface area contributed by atoms with Crippen molar-refractivity contribution in [3.8, 4) is 39.7 Å². The van der Waals surface area contributed by atoms with Crippen LogP contribution in [0, 0.1) is 5.41 Å². The Balaban J connectivity index is 1.68. The van der Waals surface area contributed by atoms with Crippen LogP contribution >= 0.6 is 11.3 Å². The van der Waals surface area contributed by atoms with Crippen LogP contribution in [0.1, 0.15) is 36.8 Å². The van der Waals surface area contributed by atoms with E-state index < -0.39 is 0 Å². The number of ether oxygens (including phenoxy) is 2. The number of carbonyl (C=O) groups is 1. The predicted octanol–water partition coefficient (Wildman–Crippen LogP) is 4.67. The highest BCUT2D eigenvalue weighted by Gasteiger charge is 2.32. The summed E-state index contributed by atoms with van der Waals surface area (Å²) in [7, 11) is 1.63. The molecule has 0 unspecified atom stereocenters. The van der Waals surface area contributed by atoms with Crippen molar-refractivity contribution < 1.29 is 14.3 Å². The van der Waals surface area contributed by atoms with E-state index in [4.69, 9.17) is 14.6 Å². The third-order valence-electron chi connectivity index (χ3n) is 5.45. The lowest BCUT2D eigenvalue weighted by atomic mass is 9.96. The van der Waals surface area contributed by atoms with E-state index in [9.17, 15) is 4.79 Å². The standard InChI is InChI=1S/C24H25N5O3S/c1-24(2,3)13-25-23(30)21-17-11-32-20-10-19(31-4)15(18-5-7-26-27-18)9-16(20)22(17)29(28-21)14-6-8-33-12-14/h5-10,12H,11,13H2,1-4H3,(H,25,30)(H,26,27). The van der Waals surface area contributed by atoms with E-state index in [0.717, 1.165) is 33.8 Å². The van der Waals surface area contributed by atoms with E-state index >= 15 is 0 Å². The van der Waals surface area contributed by atoms with Crippen molar-refractivity contribution in [2.24, 2.45) is 5.41 Å². The smallest absolute Gasteiger partial charge is 0.272 e. The Morgan fingerprint density at radius 1 is 1.30 bits per heavy atom. The number of fused-ring (bicyclic) bond motifs is 3. The Kier molecular flexibility index (Phi) is 5.20. The van der Waals surface area contributed by atoms with Gasteiger partial charge in [-0.3, -0.25) is 9.89 Å². The molecule has 0 spiro atoms. The molecule has 9 heteroatoms. The molecule has 33 heavy (non-hydrogen) atoms. The van der Waals surface area contributed by atoms with E-state index in [1.807, 2.05) is 39.7 Å². The fourth-order valence-corrected chi connectivity index (χ4v) is 4.46. The maximum atomic E-state index is 13.1. The van der Waals surface area contributed by atoms with Gasteiger partial charge in [0.1, 0.15) is 18.1 Å². The van der Waals surface area contributed by atoms with Gasteiger partial charge >= 0.3 is 0 Å². The van der Waals surface area contributed by atoms with Crippen LogP contribution in [0.2, 0.25) is 0 Å². The molecule has 0 atom stereocenters. The van der Waals surface area contributed by atoms with Crippen molar-refractivity contribution in [2.75, 3.05) is 13.7 Å². The zero-order valence-electron chi connectivity index (χ0n) is 18.9. The van der Waals surface area contributed by atoms with E-state index in [0.29, 0.717) is 23.7 Å². The second-order valence-electron chi connectivity index (χ2n) is 9.12. The van der Waals surface area contributed by atoms with Gasteiger partial charge in [0.15, 0.2) is 5.69 Å². The van der Waals surface area contributed by atoms with Gasteiger partial charge in [-0.05, 0) is 29.0 Å². The molecule has 1 aromatic carbocycles. The van der Waals surface area contributed by atoms with Gasteiger partial charge in [-0.25, -0.2) is 4.68 Å². The van der Waals surface area contributed by atoms with Crippen molar-refractivity contribution in [1.82, 2.24) is 25.3 Å². The Bertz CT molecular complexity index is 1300. The Morgan fingerprint density at radius 2 is 2.15 bits per heavy atom. The molecule has 0 fully saturated rings. The third kappa shape index (κ3) is 3.89. The summed E-state index contributed by atoms with van der Waals surface area (Å²) in [5.74, 6) is 1.15. The number of H-pyrrole nitrogens is 1. The predicted molar refractivity (Wildman–Crippen MR) is 127 cm³/mol. The average Bonchev–Trinajstić information content (AvgIpc) is 3.56. The summed E-state index contributed by atoms with van der Waals surface area (Å²) in [6.07, 6.45) is 1.70. The molecule has 1 aliphatic heterocycles. The SMILES string of the molecule is COc1cc2c(cc1-c1ccn[nH]1)-c1c(c(C(=O)NCC(C)(C)C)nn1-c1ccsc1)CO2. The Morgan fingerprint density at radius 3 is 2.82 bits per heavy atom. The maximum Gasteiger partial charge on any atom is 0.272 e. The molecule has 0 saturated heterocycles. The first-order valence-electron chi connectivity index (χ1n) is 10.6. The molecular weight excluding hydrogens is 438 g/mol. The average molecular weight is 464 g/mol. The molecule has 1 amide bonds. The van der Waals surface area contributed by atoms with Crippen molar-refractivity contribution in [1.29, 1.82) is 0 Å². The first-order valence-corrected chi connectivity index (χ1v) is 11.6. The Labute approximate surface area is 195 Å². The molecule has 4 aromatic rings. The molecule has 0 aliphatic carbocycles. The number of hydrogen-bond acceptors (Lipinski definition) is 6. The van der Waals surface area contributed by atoms with Crippen LogP contribution in [0.5, 0.6) is 11.5 Å². The van der Waals surface area contributed by atoms with Crippen LogP contribution < -0.4 is 14.8 Å². The number of rotatable bonds is 5. The van der Waals surface area contributed by atoms with E-state index in [2.05, 4.69) is 36.3 Å².